The van der Waals surface area contributed by atoms with Crippen molar-refractivity contribution >= 4 is 0 Å². The third-order valence-electron chi connectivity index (χ3n) is 3.53. The van der Waals surface area contributed by atoms with E-state index in [1.165, 1.54) is 52.4 Å². The maximum atomic E-state index is 5.51. The van der Waals surface area contributed by atoms with Gasteiger partial charge in [0, 0.05) is 18.6 Å². The summed E-state index contributed by atoms with van der Waals surface area (Å²) in [5, 5.41) is 0. The lowest BCUT2D eigenvalue weighted by Crippen LogP contribution is -2.28. The minimum atomic E-state index is 0.563. The second-order valence-corrected chi connectivity index (χ2v) is 4.68. The van der Waals surface area contributed by atoms with Crippen LogP contribution in [0.25, 0.3) is 0 Å². The van der Waals surface area contributed by atoms with E-state index in [2.05, 4.69) is 17.6 Å². The van der Waals surface area contributed by atoms with E-state index in [4.69, 9.17) is 4.74 Å². The molecule has 0 aromatic rings. The molecule has 2 aliphatic rings. The fourth-order valence-corrected chi connectivity index (χ4v) is 2.57. The summed E-state index contributed by atoms with van der Waals surface area (Å²) in [7, 11) is 1.50. The third-order valence-corrected chi connectivity index (χ3v) is 3.53. The first-order valence-electron chi connectivity index (χ1n) is 6.22. The molecule has 1 atom stereocenters. The summed E-state index contributed by atoms with van der Waals surface area (Å²) in [6, 6.07) is 0. The smallest absolute Gasteiger partial charge is 0.0536 e. The number of ether oxygens (including phenoxy) is 1. The normalized spacial score (nSPS) is 30.6. The van der Waals surface area contributed by atoms with E-state index in [0.717, 1.165) is 13.2 Å². The molecule has 0 aromatic heterocycles. The maximum Gasteiger partial charge on any atom is 0.0536 e. The lowest BCUT2D eigenvalue weighted by Gasteiger charge is -2.21. The molecule has 0 saturated carbocycles. The molecule has 2 rings (SSSR count). The minimum Gasteiger partial charge on any atom is -0.381 e. The largest absolute Gasteiger partial charge is 0.381 e. The fraction of sp³-hybridized carbons (Fsp3) is 1.00. The molecular weight excluding hydrogens is 188 g/mol. The van der Waals surface area contributed by atoms with Crippen LogP contribution >= 0.6 is 0 Å². The molecule has 2 N–H and O–H groups in total. The lowest BCUT2D eigenvalue weighted by atomic mass is 9.87. The van der Waals surface area contributed by atoms with E-state index < -0.39 is 0 Å². The van der Waals surface area contributed by atoms with Gasteiger partial charge in [-0.3, -0.25) is 0 Å². The zero-order chi connectivity index (χ0) is 11.1. The van der Waals surface area contributed by atoms with Gasteiger partial charge in [-0.25, -0.2) is 0 Å². The van der Waals surface area contributed by atoms with Crippen molar-refractivity contribution in [1.29, 1.82) is 0 Å². The molecule has 0 aromatic carbocycles. The van der Waals surface area contributed by atoms with E-state index in [1.54, 1.807) is 0 Å². The first-order chi connectivity index (χ1) is 7.35. The van der Waals surface area contributed by atoms with Gasteiger partial charge in [-0.05, 0) is 39.4 Å². The number of nitrogens with two attached hydrogens (primary N) is 1. The fourth-order valence-electron chi connectivity index (χ4n) is 2.57. The van der Waals surface area contributed by atoms with Crippen LogP contribution in [0.4, 0.5) is 0 Å². The zero-order valence-electron chi connectivity index (χ0n) is 10.3. The number of hydrogen-bond donors (Lipinski definition) is 1. The number of unbranched alkanes of at least 4 members (excludes halogenated alkanes) is 1. The Kier molecular flexibility index (Phi) is 5.58. The molecule has 0 radical (unpaired) electrons. The highest BCUT2D eigenvalue weighted by Crippen LogP contribution is 2.37. The lowest BCUT2D eigenvalue weighted by molar-refractivity contribution is 0.152. The predicted molar refractivity (Wildman–Crippen MR) is 63.9 cm³/mol. The predicted octanol–water partition coefficient (Wildman–Crippen LogP) is 1.47. The van der Waals surface area contributed by atoms with Gasteiger partial charge >= 0.3 is 0 Å². The Balaban J connectivity index is 0.000000531. The van der Waals surface area contributed by atoms with E-state index in [9.17, 15) is 0 Å². The Bertz CT molecular complexity index is 167. The van der Waals surface area contributed by atoms with Crippen LogP contribution in [0.15, 0.2) is 0 Å². The Morgan fingerprint density at radius 3 is 2.73 bits per heavy atom. The molecule has 1 spiro atoms. The third kappa shape index (κ3) is 3.44. The molecule has 3 nitrogen and oxygen atoms in total. The van der Waals surface area contributed by atoms with Crippen LogP contribution in [-0.2, 0) is 4.74 Å². The second-order valence-electron chi connectivity index (χ2n) is 4.68. The van der Waals surface area contributed by atoms with Crippen molar-refractivity contribution in [1.82, 2.24) is 4.90 Å². The summed E-state index contributed by atoms with van der Waals surface area (Å²) >= 11 is 0. The van der Waals surface area contributed by atoms with Crippen molar-refractivity contribution < 1.29 is 4.74 Å². The summed E-state index contributed by atoms with van der Waals surface area (Å²) in [6.45, 7) is 8.20. The van der Waals surface area contributed by atoms with Crippen LogP contribution in [0.5, 0.6) is 0 Å². The topological polar surface area (TPSA) is 38.5 Å². The van der Waals surface area contributed by atoms with Crippen LogP contribution in [0.3, 0.4) is 0 Å². The first-order valence-corrected chi connectivity index (χ1v) is 6.22. The second kappa shape index (κ2) is 6.46. The monoisotopic (exact) mass is 214 g/mol. The van der Waals surface area contributed by atoms with Gasteiger partial charge in [-0.1, -0.05) is 13.3 Å². The minimum absolute atomic E-state index is 0.563. The Labute approximate surface area is 94.0 Å². The van der Waals surface area contributed by atoms with Crippen LogP contribution in [-0.4, -0.2) is 44.8 Å². The number of nitrogens with zero attached hydrogens (tertiary/aromatic N) is 1. The van der Waals surface area contributed by atoms with Gasteiger partial charge in [0.25, 0.3) is 0 Å². The van der Waals surface area contributed by atoms with Crippen LogP contribution in [0.2, 0.25) is 0 Å². The zero-order valence-corrected chi connectivity index (χ0v) is 10.3. The van der Waals surface area contributed by atoms with Gasteiger partial charge in [0.2, 0.25) is 0 Å². The standard InChI is InChI=1S/C11H21NO.CH5N/c1-2-3-6-12-7-4-11(9-12)5-8-13-10-11;1-2/h2-10H2,1H3;2H2,1H3. The average molecular weight is 214 g/mol. The van der Waals surface area contributed by atoms with Gasteiger partial charge < -0.3 is 15.4 Å². The molecule has 0 bridgehead atoms. The van der Waals surface area contributed by atoms with Crippen LogP contribution < -0.4 is 5.73 Å². The van der Waals surface area contributed by atoms with Crippen molar-refractivity contribution in [3.05, 3.63) is 0 Å². The highest BCUT2D eigenvalue weighted by molar-refractivity contribution is 4.92. The molecule has 15 heavy (non-hydrogen) atoms. The molecular formula is C12H26N2O. The van der Waals surface area contributed by atoms with Crippen LogP contribution in [0.1, 0.15) is 32.6 Å². The highest BCUT2D eigenvalue weighted by atomic mass is 16.5. The first kappa shape index (κ1) is 12.9. The molecule has 90 valence electrons. The summed E-state index contributed by atoms with van der Waals surface area (Å²) in [5.74, 6) is 0. The highest BCUT2D eigenvalue weighted by Gasteiger charge is 2.40. The van der Waals surface area contributed by atoms with Crippen molar-refractivity contribution in [2.45, 2.75) is 32.6 Å². The molecule has 3 heteroatoms. The molecule has 1 unspecified atom stereocenters. The quantitative estimate of drug-likeness (QED) is 0.773. The molecule has 2 fully saturated rings. The van der Waals surface area contributed by atoms with Crippen LogP contribution in [0, 0.1) is 5.41 Å². The van der Waals surface area contributed by atoms with Crippen molar-refractivity contribution in [2.24, 2.45) is 11.1 Å². The van der Waals surface area contributed by atoms with E-state index >= 15 is 0 Å². The number of hydrogen-bond acceptors (Lipinski definition) is 3. The Morgan fingerprint density at radius 2 is 2.13 bits per heavy atom. The SMILES string of the molecule is CCCCN1CCC2(CCOC2)C1.CN. The van der Waals surface area contributed by atoms with Gasteiger partial charge in [-0.2, -0.15) is 0 Å². The summed E-state index contributed by atoms with van der Waals surface area (Å²) in [5.41, 5.74) is 5.06. The van der Waals surface area contributed by atoms with Crippen molar-refractivity contribution in [2.75, 3.05) is 39.9 Å². The van der Waals surface area contributed by atoms with Gasteiger partial charge in [0.05, 0.1) is 6.61 Å². The molecule has 0 amide bonds. The molecule has 2 heterocycles. The molecule has 0 aliphatic carbocycles. The van der Waals surface area contributed by atoms with E-state index in [0.29, 0.717) is 5.41 Å². The summed E-state index contributed by atoms with van der Waals surface area (Å²) < 4.78 is 5.51. The van der Waals surface area contributed by atoms with Gasteiger partial charge in [0.15, 0.2) is 0 Å². The van der Waals surface area contributed by atoms with Gasteiger partial charge in [0.1, 0.15) is 0 Å². The Morgan fingerprint density at radius 1 is 1.33 bits per heavy atom. The average Bonchev–Trinajstić information content (AvgIpc) is 2.90. The molecule has 2 aliphatic heterocycles. The van der Waals surface area contributed by atoms with E-state index in [-0.39, 0.29) is 0 Å². The maximum absolute atomic E-state index is 5.51. The number of rotatable bonds is 3. The summed E-state index contributed by atoms with van der Waals surface area (Å²) in [4.78, 5) is 2.62. The van der Waals surface area contributed by atoms with E-state index in [1.807, 2.05) is 0 Å². The van der Waals surface area contributed by atoms with Crippen molar-refractivity contribution in [3.63, 3.8) is 0 Å². The Hall–Kier alpha value is -0.120. The number of likely N-dealkylation sites (tertiary alicyclic amines) is 1. The van der Waals surface area contributed by atoms with Gasteiger partial charge in [-0.15, -0.1) is 0 Å². The summed E-state index contributed by atoms with van der Waals surface area (Å²) in [6.07, 6.45) is 5.35. The molecule has 2 saturated heterocycles. The van der Waals surface area contributed by atoms with Crippen molar-refractivity contribution in [3.8, 4) is 0 Å².